The van der Waals surface area contributed by atoms with Crippen LogP contribution in [0.3, 0.4) is 0 Å². The number of hydrogen-bond donors (Lipinski definition) is 0. The van der Waals surface area contributed by atoms with Gasteiger partial charge in [-0.25, -0.2) is 0 Å². The normalized spacial score (nSPS) is 19.0. The highest BCUT2D eigenvalue weighted by Gasteiger charge is 2.20. The van der Waals surface area contributed by atoms with Crippen molar-refractivity contribution in [2.75, 3.05) is 26.2 Å². The van der Waals surface area contributed by atoms with Crippen molar-refractivity contribution in [3.05, 3.63) is 34.9 Å². The molecule has 0 bridgehead atoms. The van der Waals surface area contributed by atoms with Crippen LogP contribution in [0, 0.1) is 0 Å². The SMILES string of the molecule is CCN(CC(=O)c1cccc(Cl)c1)CC1CCCO1. The van der Waals surface area contributed by atoms with Gasteiger partial charge in [0, 0.05) is 23.7 Å². The zero-order chi connectivity index (χ0) is 13.7. The third-order valence-corrected chi connectivity index (χ3v) is 3.68. The number of Topliss-reactive ketones (excluding diaryl/α,β-unsaturated/α-hetero) is 1. The molecule has 104 valence electrons. The zero-order valence-electron chi connectivity index (χ0n) is 11.3. The van der Waals surface area contributed by atoms with Crippen molar-refractivity contribution in [3.63, 3.8) is 0 Å². The molecule has 0 N–H and O–H groups in total. The average molecular weight is 282 g/mol. The van der Waals surface area contributed by atoms with E-state index in [1.54, 1.807) is 12.1 Å². The van der Waals surface area contributed by atoms with Crippen molar-refractivity contribution >= 4 is 17.4 Å². The highest BCUT2D eigenvalue weighted by molar-refractivity contribution is 6.31. The molecule has 1 saturated heterocycles. The Balaban J connectivity index is 1.91. The van der Waals surface area contributed by atoms with Crippen molar-refractivity contribution in [2.45, 2.75) is 25.9 Å². The second-order valence-corrected chi connectivity index (χ2v) is 5.33. The van der Waals surface area contributed by atoms with Crippen LogP contribution in [0.1, 0.15) is 30.1 Å². The van der Waals surface area contributed by atoms with Gasteiger partial charge in [0.25, 0.3) is 0 Å². The Morgan fingerprint density at radius 1 is 1.53 bits per heavy atom. The van der Waals surface area contributed by atoms with E-state index in [1.807, 2.05) is 12.1 Å². The van der Waals surface area contributed by atoms with Gasteiger partial charge in [0.2, 0.25) is 0 Å². The second-order valence-electron chi connectivity index (χ2n) is 4.90. The number of nitrogens with zero attached hydrogens (tertiary/aromatic N) is 1. The van der Waals surface area contributed by atoms with Crippen LogP contribution >= 0.6 is 11.6 Å². The fraction of sp³-hybridized carbons (Fsp3) is 0.533. The first-order valence-corrected chi connectivity index (χ1v) is 7.19. The van der Waals surface area contributed by atoms with Gasteiger partial charge in [-0.3, -0.25) is 9.69 Å². The summed E-state index contributed by atoms with van der Waals surface area (Å²) in [7, 11) is 0. The summed E-state index contributed by atoms with van der Waals surface area (Å²) in [5, 5.41) is 0.605. The number of ketones is 1. The van der Waals surface area contributed by atoms with Gasteiger partial charge >= 0.3 is 0 Å². The molecular formula is C15H20ClNO2. The minimum absolute atomic E-state index is 0.113. The van der Waals surface area contributed by atoms with Crippen LogP contribution in [-0.2, 0) is 4.74 Å². The summed E-state index contributed by atoms with van der Waals surface area (Å²) in [6, 6.07) is 7.13. The standard InChI is InChI=1S/C15H20ClNO2/c1-2-17(10-14-7-4-8-19-14)11-15(18)12-5-3-6-13(16)9-12/h3,5-6,9,14H,2,4,7-8,10-11H2,1H3. The molecule has 2 rings (SSSR count). The topological polar surface area (TPSA) is 29.5 Å². The minimum Gasteiger partial charge on any atom is -0.377 e. The van der Waals surface area contributed by atoms with Gasteiger partial charge in [0.1, 0.15) is 0 Å². The summed E-state index contributed by atoms with van der Waals surface area (Å²) in [4.78, 5) is 14.3. The van der Waals surface area contributed by atoms with E-state index in [4.69, 9.17) is 16.3 Å². The summed E-state index contributed by atoms with van der Waals surface area (Å²) in [6.45, 7) is 5.04. The number of likely N-dealkylation sites (N-methyl/N-ethyl adjacent to an activating group) is 1. The number of benzene rings is 1. The summed E-state index contributed by atoms with van der Waals surface area (Å²) in [5.41, 5.74) is 0.679. The van der Waals surface area contributed by atoms with E-state index >= 15 is 0 Å². The lowest BCUT2D eigenvalue weighted by molar-refractivity contribution is 0.0686. The average Bonchev–Trinajstić information content (AvgIpc) is 2.90. The van der Waals surface area contributed by atoms with E-state index in [0.29, 0.717) is 17.1 Å². The molecule has 0 spiro atoms. The molecule has 1 fully saturated rings. The molecular weight excluding hydrogens is 262 g/mol. The van der Waals surface area contributed by atoms with Gasteiger partial charge in [-0.1, -0.05) is 30.7 Å². The minimum atomic E-state index is 0.113. The van der Waals surface area contributed by atoms with Crippen LogP contribution in [0.2, 0.25) is 5.02 Å². The summed E-state index contributed by atoms with van der Waals surface area (Å²) in [6.07, 6.45) is 2.51. The van der Waals surface area contributed by atoms with Crippen LogP contribution in [-0.4, -0.2) is 43.0 Å². The van der Waals surface area contributed by atoms with Crippen molar-refractivity contribution in [1.82, 2.24) is 4.90 Å². The highest BCUT2D eigenvalue weighted by Crippen LogP contribution is 2.15. The maximum atomic E-state index is 12.2. The molecule has 1 aromatic carbocycles. The molecule has 3 nitrogen and oxygen atoms in total. The lowest BCUT2D eigenvalue weighted by Gasteiger charge is -2.22. The zero-order valence-corrected chi connectivity index (χ0v) is 12.0. The lowest BCUT2D eigenvalue weighted by atomic mass is 10.1. The molecule has 19 heavy (non-hydrogen) atoms. The fourth-order valence-electron chi connectivity index (χ4n) is 2.34. The van der Waals surface area contributed by atoms with E-state index in [9.17, 15) is 4.79 Å². The van der Waals surface area contributed by atoms with Gasteiger partial charge in [0.15, 0.2) is 5.78 Å². The van der Waals surface area contributed by atoms with Crippen molar-refractivity contribution in [1.29, 1.82) is 0 Å². The Hall–Kier alpha value is -0.900. The fourth-order valence-corrected chi connectivity index (χ4v) is 2.53. The van der Waals surface area contributed by atoms with E-state index in [0.717, 1.165) is 32.5 Å². The first-order chi connectivity index (χ1) is 9.19. The smallest absolute Gasteiger partial charge is 0.176 e. The molecule has 0 amide bonds. The maximum Gasteiger partial charge on any atom is 0.176 e. The van der Waals surface area contributed by atoms with E-state index < -0.39 is 0 Å². The number of halogens is 1. The van der Waals surface area contributed by atoms with Crippen LogP contribution < -0.4 is 0 Å². The molecule has 1 unspecified atom stereocenters. The Morgan fingerprint density at radius 3 is 3.00 bits per heavy atom. The molecule has 1 aromatic rings. The monoisotopic (exact) mass is 281 g/mol. The second kappa shape index (κ2) is 7.04. The lowest BCUT2D eigenvalue weighted by Crippen LogP contribution is -2.36. The summed E-state index contributed by atoms with van der Waals surface area (Å²) >= 11 is 5.91. The highest BCUT2D eigenvalue weighted by atomic mass is 35.5. The van der Waals surface area contributed by atoms with Crippen molar-refractivity contribution in [3.8, 4) is 0 Å². The molecule has 1 atom stereocenters. The van der Waals surface area contributed by atoms with Gasteiger partial charge in [-0.15, -0.1) is 0 Å². The quantitative estimate of drug-likeness (QED) is 0.751. The number of carbonyl (C=O) groups excluding carboxylic acids is 1. The van der Waals surface area contributed by atoms with Gasteiger partial charge in [-0.05, 0) is 31.5 Å². The molecule has 1 aliphatic rings. The predicted octanol–water partition coefficient (Wildman–Crippen LogP) is 3.02. The molecule has 0 aromatic heterocycles. The van der Waals surface area contributed by atoms with Crippen LogP contribution in [0.5, 0.6) is 0 Å². The summed E-state index contributed by atoms with van der Waals surface area (Å²) in [5.74, 6) is 0.113. The first kappa shape index (κ1) is 14.5. The van der Waals surface area contributed by atoms with Gasteiger partial charge in [-0.2, -0.15) is 0 Å². The molecule has 1 aliphatic heterocycles. The van der Waals surface area contributed by atoms with Gasteiger partial charge in [0.05, 0.1) is 12.6 Å². The van der Waals surface area contributed by atoms with Crippen LogP contribution in [0.4, 0.5) is 0 Å². The Morgan fingerprint density at radius 2 is 2.37 bits per heavy atom. The molecule has 4 heteroatoms. The maximum absolute atomic E-state index is 12.2. The van der Waals surface area contributed by atoms with E-state index in [2.05, 4.69) is 11.8 Å². The number of ether oxygens (including phenoxy) is 1. The largest absolute Gasteiger partial charge is 0.377 e. The molecule has 0 radical (unpaired) electrons. The third kappa shape index (κ3) is 4.30. The molecule has 1 heterocycles. The molecule has 0 saturated carbocycles. The van der Waals surface area contributed by atoms with Crippen molar-refractivity contribution < 1.29 is 9.53 Å². The van der Waals surface area contributed by atoms with Crippen molar-refractivity contribution in [2.24, 2.45) is 0 Å². The predicted molar refractivity (Wildman–Crippen MR) is 76.9 cm³/mol. The Bertz CT molecular complexity index is 430. The van der Waals surface area contributed by atoms with Crippen LogP contribution in [0.15, 0.2) is 24.3 Å². The van der Waals surface area contributed by atoms with Gasteiger partial charge < -0.3 is 4.74 Å². The molecule has 0 aliphatic carbocycles. The van der Waals surface area contributed by atoms with Crippen LogP contribution in [0.25, 0.3) is 0 Å². The number of hydrogen-bond acceptors (Lipinski definition) is 3. The number of carbonyl (C=O) groups is 1. The van der Waals surface area contributed by atoms with E-state index in [-0.39, 0.29) is 11.9 Å². The Kier molecular flexibility index (Phi) is 5.37. The third-order valence-electron chi connectivity index (χ3n) is 3.45. The number of rotatable bonds is 6. The van der Waals surface area contributed by atoms with E-state index in [1.165, 1.54) is 0 Å². The summed E-state index contributed by atoms with van der Waals surface area (Å²) < 4.78 is 5.62. The Labute approximate surface area is 119 Å². The first-order valence-electron chi connectivity index (χ1n) is 6.81.